The Morgan fingerprint density at radius 3 is 2.74 bits per heavy atom. The zero-order valence-electron chi connectivity index (χ0n) is 15.9. The van der Waals surface area contributed by atoms with E-state index < -0.39 is 0 Å². The van der Waals surface area contributed by atoms with Crippen molar-refractivity contribution in [3.63, 3.8) is 0 Å². The average Bonchev–Trinajstić information content (AvgIpc) is 3.11. The Labute approximate surface area is 165 Å². The number of carbonyl (C=O) groups is 1. The van der Waals surface area contributed by atoms with Gasteiger partial charge in [0.15, 0.2) is 11.0 Å². The summed E-state index contributed by atoms with van der Waals surface area (Å²) in [6.07, 6.45) is 6.78. The van der Waals surface area contributed by atoms with Gasteiger partial charge in [0.25, 0.3) is 0 Å². The Morgan fingerprint density at radius 1 is 1.22 bits per heavy atom. The second kappa shape index (κ2) is 10.5. The Hall–Kier alpha value is -1.86. The van der Waals surface area contributed by atoms with E-state index in [2.05, 4.69) is 20.1 Å². The van der Waals surface area contributed by atoms with Crippen molar-refractivity contribution >= 4 is 17.7 Å². The third-order valence-corrected chi connectivity index (χ3v) is 5.75. The van der Waals surface area contributed by atoms with Gasteiger partial charge >= 0.3 is 0 Å². The number of nitrogens with one attached hydrogen (secondary N) is 1. The van der Waals surface area contributed by atoms with Crippen LogP contribution in [0.5, 0.6) is 0 Å². The van der Waals surface area contributed by atoms with Crippen LogP contribution in [0.4, 0.5) is 0 Å². The monoisotopic (exact) mass is 388 g/mol. The molecule has 0 radical (unpaired) electrons. The number of thioether (sulfide) groups is 1. The summed E-state index contributed by atoms with van der Waals surface area (Å²) in [4.78, 5) is 12.3. The molecule has 0 saturated heterocycles. The maximum absolute atomic E-state index is 12.3. The quantitative estimate of drug-likeness (QED) is 0.526. The van der Waals surface area contributed by atoms with E-state index >= 15 is 0 Å². The van der Waals surface area contributed by atoms with Gasteiger partial charge in [-0.3, -0.25) is 4.79 Å². The van der Waals surface area contributed by atoms with Crippen molar-refractivity contribution in [1.82, 2.24) is 20.1 Å². The number of benzene rings is 1. The number of hydrogen-bond donors (Lipinski definition) is 1. The highest BCUT2D eigenvalue weighted by Crippen LogP contribution is 2.24. The first-order valence-electron chi connectivity index (χ1n) is 9.67. The Morgan fingerprint density at radius 2 is 2.00 bits per heavy atom. The molecule has 0 aliphatic heterocycles. The highest BCUT2D eigenvalue weighted by Gasteiger charge is 2.18. The van der Waals surface area contributed by atoms with Gasteiger partial charge in [-0.05, 0) is 19.3 Å². The van der Waals surface area contributed by atoms with Crippen molar-refractivity contribution in [3.05, 3.63) is 30.3 Å². The van der Waals surface area contributed by atoms with Crippen LogP contribution in [0.2, 0.25) is 0 Å². The van der Waals surface area contributed by atoms with Crippen LogP contribution in [0.1, 0.15) is 38.5 Å². The molecule has 0 unspecified atom stereocenters. The molecule has 7 heteroatoms. The first-order chi connectivity index (χ1) is 13.3. The van der Waals surface area contributed by atoms with E-state index in [4.69, 9.17) is 4.74 Å². The molecule has 1 aromatic heterocycles. The van der Waals surface area contributed by atoms with Crippen molar-refractivity contribution in [2.24, 2.45) is 0 Å². The molecule has 1 aliphatic rings. The highest BCUT2D eigenvalue weighted by atomic mass is 32.2. The second-order valence-electron chi connectivity index (χ2n) is 6.86. The zero-order chi connectivity index (χ0) is 18.9. The van der Waals surface area contributed by atoms with E-state index in [-0.39, 0.29) is 5.91 Å². The maximum Gasteiger partial charge on any atom is 0.230 e. The molecule has 1 aliphatic carbocycles. The van der Waals surface area contributed by atoms with Crippen LogP contribution in [0.25, 0.3) is 11.4 Å². The van der Waals surface area contributed by atoms with Crippen molar-refractivity contribution in [2.75, 3.05) is 19.5 Å². The molecule has 6 nitrogen and oxygen atoms in total. The summed E-state index contributed by atoms with van der Waals surface area (Å²) in [6.45, 7) is 1.44. The van der Waals surface area contributed by atoms with Crippen molar-refractivity contribution in [3.8, 4) is 11.4 Å². The van der Waals surface area contributed by atoms with E-state index in [9.17, 15) is 4.79 Å². The maximum atomic E-state index is 12.3. The van der Waals surface area contributed by atoms with Crippen molar-refractivity contribution in [2.45, 2.75) is 56.3 Å². The summed E-state index contributed by atoms with van der Waals surface area (Å²) in [5, 5.41) is 12.7. The molecular formula is C20H28N4O2S. The Kier molecular flexibility index (Phi) is 7.71. The summed E-state index contributed by atoms with van der Waals surface area (Å²) in [6, 6.07) is 10.4. The van der Waals surface area contributed by atoms with Crippen LogP contribution in [0.15, 0.2) is 35.5 Å². The predicted molar refractivity (Wildman–Crippen MR) is 108 cm³/mol. The van der Waals surface area contributed by atoms with Crippen LogP contribution in [0, 0.1) is 0 Å². The normalized spacial score (nSPS) is 15.0. The predicted octanol–water partition coefficient (Wildman–Crippen LogP) is 3.52. The molecular weight excluding hydrogens is 360 g/mol. The highest BCUT2D eigenvalue weighted by molar-refractivity contribution is 7.99. The largest absolute Gasteiger partial charge is 0.385 e. The fraction of sp³-hybridized carbons (Fsp3) is 0.550. The number of hydrogen-bond acceptors (Lipinski definition) is 5. The van der Waals surface area contributed by atoms with Gasteiger partial charge in [-0.25, -0.2) is 0 Å². The standard InChI is InChI=1S/C20H28N4O2S/c1-26-14-8-13-24-19(16-9-4-2-5-10-16)22-23-20(24)27-15-18(25)21-17-11-6-3-7-12-17/h2,4-5,9-10,17H,3,6-8,11-15H2,1H3,(H,21,25). The number of rotatable bonds is 9. The van der Waals surface area contributed by atoms with Crippen LogP contribution >= 0.6 is 11.8 Å². The Balaban J connectivity index is 1.64. The van der Waals surface area contributed by atoms with Gasteiger partial charge in [-0.2, -0.15) is 0 Å². The average molecular weight is 389 g/mol. The number of aromatic nitrogens is 3. The van der Waals surface area contributed by atoms with Gasteiger partial charge in [0, 0.05) is 31.9 Å². The lowest BCUT2D eigenvalue weighted by atomic mass is 9.95. The molecule has 1 aromatic carbocycles. The van der Waals surface area contributed by atoms with Gasteiger partial charge in [0.2, 0.25) is 5.91 Å². The second-order valence-corrected chi connectivity index (χ2v) is 7.80. The van der Waals surface area contributed by atoms with Gasteiger partial charge in [-0.1, -0.05) is 61.4 Å². The number of nitrogens with zero attached hydrogens (tertiary/aromatic N) is 3. The lowest BCUT2D eigenvalue weighted by Crippen LogP contribution is -2.37. The van der Waals surface area contributed by atoms with E-state index in [1.54, 1.807) is 7.11 Å². The van der Waals surface area contributed by atoms with Gasteiger partial charge < -0.3 is 14.6 Å². The Bertz CT molecular complexity index is 714. The summed E-state index contributed by atoms with van der Waals surface area (Å²) >= 11 is 1.45. The minimum absolute atomic E-state index is 0.0830. The van der Waals surface area contributed by atoms with Crippen LogP contribution in [-0.2, 0) is 16.1 Å². The summed E-state index contributed by atoms with van der Waals surface area (Å²) < 4.78 is 7.27. The zero-order valence-corrected chi connectivity index (χ0v) is 16.7. The molecule has 1 amide bonds. The number of amides is 1. The number of carbonyl (C=O) groups excluding carboxylic acids is 1. The smallest absolute Gasteiger partial charge is 0.230 e. The summed E-state index contributed by atoms with van der Waals surface area (Å²) in [5.41, 5.74) is 1.03. The van der Waals surface area contributed by atoms with Crippen LogP contribution < -0.4 is 5.32 Å². The first kappa shape index (κ1) is 19.9. The molecule has 1 saturated carbocycles. The molecule has 0 bridgehead atoms. The fourth-order valence-electron chi connectivity index (χ4n) is 3.41. The minimum Gasteiger partial charge on any atom is -0.385 e. The molecule has 0 spiro atoms. The molecule has 146 valence electrons. The number of ether oxygens (including phenoxy) is 1. The lowest BCUT2D eigenvalue weighted by Gasteiger charge is -2.22. The van der Waals surface area contributed by atoms with Gasteiger partial charge in [-0.15, -0.1) is 10.2 Å². The van der Waals surface area contributed by atoms with Crippen molar-refractivity contribution in [1.29, 1.82) is 0 Å². The molecule has 1 fully saturated rings. The number of methoxy groups -OCH3 is 1. The minimum atomic E-state index is 0.0830. The third kappa shape index (κ3) is 5.81. The molecule has 2 aromatic rings. The fourth-order valence-corrected chi connectivity index (χ4v) is 4.19. The lowest BCUT2D eigenvalue weighted by molar-refractivity contribution is -0.119. The van der Waals surface area contributed by atoms with E-state index in [1.165, 1.54) is 31.0 Å². The van der Waals surface area contributed by atoms with E-state index in [1.807, 2.05) is 30.3 Å². The molecule has 27 heavy (non-hydrogen) atoms. The third-order valence-electron chi connectivity index (χ3n) is 4.78. The van der Waals surface area contributed by atoms with Crippen molar-refractivity contribution < 1.29 is 9.53 Å². The summed E-state index contributed by atoms with van der Waals surface area (Å²) in [5.74, 6) is 1.29. The van der Waals surface area contributed by atoms with E-state index in [0.717, 1.165) is 42.4 Å². The molecule has 1 N–H and O–H groups in total. The molecule has 3 rings (SSSR count). The van der Waals surface area contributed by atoms with Gasteiger partial charge in [0.1, 0.15) is 0 Å². The topological polar surface area (TPSA) is 69.0 Å². The molecule has 0 atom stereocenters. The van der Waals surface area contributed by atoms with E-state index in [0.29, 0.717) is 18.4 Å². The summed E-state index contributed by atoms with van der Waals surface area (Å²) in [7, 11) is 1.70. The van der Waals surface area contributed by atoms with Crippen LogP contribution in [0.3, 0.4) is 0 Å². The van der Waals surface area contributed by atoms with Crippen LogP contribution in [-0.4, -0.2) is 46.2 Å². The molecule has 1 heterocycles. The van der Waals surface area contributed by atoms with Gasteiger partial charge in [0.05, 0.1) is 5.75 Å². The first-order valence-corrected chi connectivity index (χ1v) is 10.7. The SMILES string of the molecule is COCCCn1c(SCC(=O)NC2CCCCC2)nnc1-c1ccccc1.